The molecule has 12 heavy (non-hydrogen) atoms. The molecule has 0 amide bonds. The Morgan fingerprint density at radius 3 is 2.67 bits per heavy atom. The Morgan fingerprint density at radius 1 is 1.17 bits per heavy atom. The predicted molar refractivity (Wildman–Crippen MR) is 46.5 cm³/mol. The fourth-order valence-corrected chi connectivity index (χ4v) is 2.82. The van der Waals surface area contributed by atoms with Gasteiger partial charge in [-0.05, 0) is 24.2 Å². The summed E-state index contributed by atoms with van der Waals surface area (Å²) in [4.78, 5) is 0. The number of ether oxygens (including phenoxy) is 1. The summed E-state index contributed by atoms with van der Waals surface area (Å²) in [6, 6.07) is 0. The zero-order valence-electron chi connectivity index (χ0n) is 7.86. The van der Waals surface area contributed by atoms with Crippen LogP contribution < -0.4 is 0 Å². The van der Waals surface area contributed by atoms with E-state index in [4.69, 9.17) is 4.74 Å². The van der Waals surface area contributed by atoms with Crippen LogP contribution in [-0.4, -0.2) is 18.0 Å². The van der Waals surface area contributed by atoms with Crippen LogP contribution in [0.4, 0.5) is 0 Å². The van der Waals surface area contributed by atoms with Crippen LogP contribution in [0, 0.1) is 23.7 Å². The number of aliphatic hydroxyl groups excluding tert-OH is 1. The molecule has 0 radical (unpaired) electrons. The molecular weight excluding hydrogens is 152 g/mol. The lowest BCUT2D eigenvalue weighted by molar-refractivity contribution is -0.190. The Kier molecular flexibility index (Phi) is 2.13. The first-order chi connectivity index (χ1) is 5.70. The number of fused-ring (bicyclic) bond motifs is 1. The highest BCUT2D eigenvalue weighted by Crippen LogP contribution is 2.45. The van der Waals surface area contributed by atoms with Crippen LogP contribution >= 0.6 is 0 Å². The third-order valence-corrected chi connectivity index (χ3v) is 3.82. The number of aliphatic hydroxyl groups is 1. The first-order valence-corrected chi connectivity index (χ1v) is 5.00. The Bertz CT molecular complexity index is 169. The van der Waals surface area contributed by atoms with Crippen molar-refractivity contribution in [3.8, 4) is 0 Å². The van der Waals surface area contributed by atoms with E-state index in [1.165, 1.54) is 12.8 Å². The molecule has 0 aromatic heterocycles. The Hall–Kier alpha value is -0.0800. The van der Waals surface area contributed by atoms with Gasteiger partial charge in [0.1, 0.15) is 0 Å². The highest BCUT2D eigenvalue weighted by molar-refractivity contribution is 4.88. The van der Waals surface area contributed by atoms with Crippen LogP contribution in [0.15, 0.2) is 0 Å². The van der Waals surface area contributed by atoms with Crippen molar-refractivity contribution in [3.63, 3.8) is 0 Å². The van der Waals surface area contributed by atoms with Gasteiger partial charge in [0, 0.05) is 5.92 Å². The summed E-state index contributed by atoms with van der Waals surface area (Å²) in [5.41, 5.74) is 0. The fraction of sp³-hybridized carbons (Fsp3) is 1.00. The van der Waals surface area contributed by atoms with Gasteiger partial charge in [0.15, 0.2) is 6.29 Å². The van der Waals surface area contributed by atoms with Crippen molar-refractivity contribution in [3.05, 3.63) is 0 Å². The quantitative estimate of drug-likeness (QED) is 0.598. The van der Waals surface area contributed by atoms with Crippen LogP contribution in [0.5, 0.6) is 0 Å². The van der Waals surface area contributed by atoms with E-state index in [0.717, 1.165) is 12.5 Å². The minimum Gasteiger partial charge on any atom is -0.368 e. The third-order valence-electron chi connectivity index (χ3n) is 3.82. The van der Waals surface area contributed by atoms with Gasteiger partial charge in [-0.1, -0.05) is 20.3 Å². The van der Waals surface area contributed by atoms with Crippen molar-refractivity contribution in [1.29, 1.82) is 0 Å². The maximum absolute atomic E-state index is 9.49. The topological polar surface area (TPSA) is 29.5 Å². The highest BCUT2D eigenvalue weighted by atomic mass is 16.6. The van der Waals surface area contributed by atoms with Crippen molar-refractivity contribution in [1.82, 2.24) is 0 Å². The summed E-state index contributed by atoms with van der Waals surface area (Å²) < 4.78 is 5.33. The molecule has 2 aliphatic rings. The molecule has 1 heterocycles. The third kappa shape index (κ3) is 1.17. The summed E-state index contributed by atoms with van der Waals surface area (Å²) in [5.74, 6) is 2.56. The van der Waals surface area contributed by atoms with E-state index in [2.05, 4.69) is 13.8 Å². The molecule has 2 fully saturated rings. The molecule has 0 aromatic carbocycles. The molecule has 1 aliphatic carbocycles. The van der Waals surface area contributed by atoms with Crippen molar-refractivity contribution < 1.29 is 9.84 Å². The summed E-state index contributed by atoms with van der Waals surface area (Å²) in [7, 11) is 0. The summed E-state index contributed by atoms with van der Waals surface area (Å²) in [6.45, 7) is 5.19. The number of rotatable bonds is 0. The second-order valence-electron chi connectivity index (χ2n) is 4.47. The second-order valence-corrected chi connectivity index (χ2v) is 4.47. The zero-order valence-corrected chi connectivity index (χ0v) is 7.86. The smallest absolute Gasteiger partial charge is 0.157 e. The monoisotopic (exact) mass is 170 g/mol. The molecule has 70 valence electrons. The van der Waals surface area contributed by atoms with Crippen molar-refractivity contribution in [2.45, 2.75) is 33.0 Å². The lowest BCUT2D eigenvalue weighted by Gasteiger charge is -2.36. The summed E-state index contributed by atoms with van der Waals surface area (Å²) in [6.07, 6.45) is 2.10. The second kappa shape index (κ2) is 3.00. The largest absolute Gasteiger partial charge is 0.368 e. The fourth-order valence-electron chi connectivity index (χ4n) is 2.82. The molecular formula is C10H18O2. The maximum atomic E-state index is 9.49. The molecule has 1 saturated heterocycles. The molecule has 2 rings (SSSR count). The molecule has 1 N–H and O–H groups in total. The van der Waals surface area contributed by atoms with Gasteiger partial charge in [0.2, 0.25) is 0 Å². The van der Waals surface area contributed by atoms with Crippen LogP contribution in [0.2, 0.25) is 0 Å². The number of hydrogen-bond donors (Lipinski definition) is 1. The SMILES string of the molecule is CC1CCC2C(C)C(O)OCC12. The van der Waals surface area contributed by atoms with Crippen molar-refractivity contribution >= 4 is 0 Å². The van der Waals surface area contributed by atoms with Gasteiger partial charge in [0.25, 0.3) is 0 Å². The molecule has 0 bridgehead atoms. The molecule has 2 heteroatoms. The average molecular weight is 170 g/mol. The molecule has 5 atom stereocenters. The zero-order chi connectivity index (χ0) is 8.72. The van der Waals surface area contributed by atoms with Gasteiger partial charge in [0.05, 0.1) is 6.61 Å². The van der Waals surface area contributed by atoms with Gasteiger partial charge in [-0.2, -0.15) is 0 Å². The maximum Gasteiger partial charge on any atom is 0.157 e. The Balaban J connectivity index is 2.09. The minimum atomic E-state index is -0.503. The van der Waals surface area contributed by atoms with E-state index in [1.807, 2.05) is 0 Å². The molecule has 2 nitrogen and oxygen atoms in total. The van der Waals surface area contributed by atoms with Crippen molar-refractivity contribution in [2.24, 2.45) is 23.7 Å². The normalized spacial score (nSPS) is 53.8. The first kappa shape index (κ1) is 8.52. The van der Waals surface area contributed by atoms with Crippen LogP contribution in [-0.2, 0) is 4.74 Å². The Labute approximate surface area is 73.9 Å². The molecule has 5 unspecified atom stereocenters. The van der Waals surface area contributed by atoms with Crippen LogP contribution in [0.1, 0.15) is 26.7 Å². The number of hydrogen-bond acceptors (Lipinski definition) is 2. The molecule has 1 saturated carbocycles. The van der Waals surface area contributed by atoms with Gasteiger partial charge in [-0.25, -0.2) is 0 Å². The van der Waals surface area contributed by atoms with E-state index in [9.17, 15) is 5.11 Å². The van der Waals surface area contributed by atoms with Gasteiger partial charge >= 0.3 is 0 Å². The molecule has 1 aliphatic heterocycles. The van der Waals surface area contributed by atoms with E-state index in [1.54, 1.807) is 0 Å². The summed E-state index contributed by atoms with van der Waals surface area (Å²) in [5, 5.41) is 9.49. The first-order valence-electron chi connectivity index (χ1n) is 5.00. The lowest BCUT2D eigenvalue weighted by atomic mass is 9.80. The van der Waals surface area contributed by atoms with E-state index in [0.29, 0.717) is 17.8 Å². The van der Waals surface area contributed by atoms with Crippen LogP contribution in [0.3, 0.4) is 0 Å². The molecule has 0 aromatic rings. The predicted octanol–water partition coefficient (Wildman–Crippen LogP) is 1.63. The van der Waals surface area contributed by atoms with E-state index >= 15 is 0 Å². The van der Waals surface area contributed by atoms with Gasteiger partial charge < -0.3 is 9.84 Å². The standard InChI is InChI=1S/C10H18O2/c1-6-3-4-8-7(2)10(11)12-5-9(6)8/h6-11H,3-5H2,1-2H3. The lowest BCUT2D eigenvalue weighted by Crippen LogP contribution is -2.39. The van der Waals surface area contributed by atoms with Crippen molar-refractivity contribution in [2.75, 3.05) is 6.61 Å². The minimum absolute atomic E-state index is 0.341. The molecule has 0 spiro atoms. The highest BCUT2D eigenvalue weighted by Gasteiger charge is 2.42. The Morgan fingerprint density at radius 2 is 1.92 bits per heavy atom. The van der Waals surface area contributed by atoms with Gasteiger partial charge in [-0.3, -0.25) is 0 Å². The summed E-state index contributed by atoms with van der Waals surface area (Å²) >= 11 is 0. The van der Waals surface area contributed by atoms with E-state index in [-0.39, 0.29) is 0 Å². The van der Waals surface area contributed by atoms with E-state index < -0.39 is 6.29 Å². The van der Waals surface area contributed by atoms with Gasteiger partial charge in [-0.15, -0.1) is 0 Å². The van der Waals surface area contributed by atoms with Crippen LogP contribution in [0.25, 0.3) is 0 Å². The average Bonchev–Trinajstić information content (AvgIpc) is 2.41.